The Labute approximate surface area is 183 Å². The number of hydrogen-bond donors (Lipinski definition) is 1. The molecule has 0 heterocycles. The number of Topliss-reactive ketones (excluding diaryl/α,β-unsaturated/α-hetero) is 1. The summed E-state index contributed by atoms with van der Waals surface area (Å²) < 4.78 is 0. The van der Waals surface area contributed by atoms with E-state index in [-0.39, 0.29) is 5.41 Å². The van der Waals surface area contributed by atoms with Gasteiger partial charge in [0.2, 0.25) is 0 Å². The highest BCUT2D eigenvalue weighted by atomic mass is 16.4. The molecule has 168 valence electrons. The highest BCUT2D eigenvalue weighted by Gasteiger charge is 2.60. The Hall–Kier alpha value is -1.12. The Kier molecular flexibility index (Phi) is 5.96. The van der Waals surface area contributed by atoms with Gasteiger partial charge in [0.25, 0.3) is 0 Å². The summed E-state index contributed by atoms with van der Waals surface area (Å²) in [5, 5.41) is 12.7. The topological polar surface area (TPSA) is 49.7 Å². The fraction of sp³-hybridized carbons (Fsp3) is 0.852. The van der Waals surface area contributed by atoms with E-state index in [1.165, 1.54) is 44.9 Å². The molecule has 4 aliphatic rings. The first-order valence-corrected chi connectivity index (χ1v) is 12.7. The Bertz CT molecular complexity index is 737. The van der Waals surface area contributed by atoms with Crippen LogP contribution in [0.3, 0.4) is 0 Å². The molecule has 7 atom stereocenters. The lowest BCUT2D eigenvalue weighted by Gasteiger charge is -2.58. The van der Waals surface area contributed by atoms with Gasteiger partial charge >= 0.3 is 0 Å². The minimum atomic E-state index is -0.0174. The lowest BCUT2D eigenvalue weighted by atomic mass is 9.46. The van der Waals surface area contributed by atoms with Gasteiger partial charge in [-0.05, 0) is 90.9 Å². The summed E-state index contributed by atoms with van der Waals surface area (Å²) in [7, 11) is 0. The number of rotatable bonds is 5. The van der Waals surface area contributed by atoms with Crippen molar-refractivity contribution in [2.75, 3.05) is 0 Å². The summed E-state index contributed by atoms with van der Waals surface area (Å²) in [6.45, 7) is 12.1. The second-order valence-corrected chi connectivity index (χ2v) is 12.1. The van der Waals surface area contributed by atoms with Gasteiger partial charge in [0.1, 0.15) is 0 Å². The number of hydrogen-bond acceptors (Lipinski definition) is 3. The fourth-order valence-corrected chi connectivity index (χ4v) is 8.50. The van der Waals surface area contributed by atoms with E-state index in [0.29, 0.717) is 34.7 Å². The maximum Gasteiger partial charge on any atom is 0.159 e. The normalized spacial score (nSPS) is 43.2. The molecule has 3 saturated carbocycles. The quantitative estimate of drug-likeness (QED) is 0.388. The summed E-state index contributed by atoms with van der Waals surface area (Å²) in [5.41, 5.74) is 2.05. The predicted octanol–water partition coefficient (Wildman–Crippen LogP) is 7.04. The van der Waals surface area contributed by atoms with E-state index >= 15 is 0 Å². The summed E-state index contributed by atoms with van der Waals surface area (Å²) in [4.78, 5) is 13.3. The third kappa shape index (κ3) is 3.48. The van der Waals surface area contributed by atoms with Crippen LogP contribution in [0.2, 0.25) is 0 Å². The molecule has 3 nitrogen and oxygen atoms in total. The van der Waals surface area contributed by atoms with Crippen LogP contribution in [-0.4, -0.2) is 16.7 Å². The molecule has 30 heavy (non-hydrogen) atoms. The lowest BCUT2D eigenvalue weighted by Crippen LogP contribution is -2.53. The van der Waals surface area contributed by atoms with E-state index in [9.17, 15) is 10.0 Å². The molecule has 3 fully saturated rings. The van der Waals surface area contributed by atoms with Gasteiger partial charge in [0, 0.05) is 12.0 Å². The molecular formula is C27H43NO2. The van der Waals surface area contributed by atoms with Gasteiger partial charge in [-0.1, -0.05) is 59.0 Å². The number of oxime groups is 1. The molecule has 0 spiro atoms. The Morgan fingerprint density at radius 3 is 2.57 bits per heavy atom. The molecule has 0 aliphatic heterocycles. The summed E-state index contributed by atoms with van der Waals surface area (Å²) in [5.74, 6) is 4.66. The molecule has 1 N–H and O–H groups in total. The van der Waals surface area contributed by atoms with Gasteiger partial charge in [-0.15, -0.1) is 0 Å². The molecule has 0 saturated heterocycles. The highest BCUT2D eigenvalue weighted by Crippen LogP contribution is 2.67. The first-order valence-electron chi connectivity index (χ1n) is 12.7. The van der Waals surface area contributed by atoms with Crippen molar-refractivity contribution in [2.45, 2.75) is 98.8 Å². The van der Waals surface area contributed by atoms with Crippen molar-refractivity contribution in [2.24, 2.45) is 51.5 Å². The Balaban J connectivity index is 1.54. The molecule has 3 heteroatoms. The maximum absolute atomic E-state index is 13.3. The van der Waals surface area contributed by atoms with Crippen LogP contribution in [0, 0.1) is 46.3 Å². The van der Waals surface area contributed by atoms with Crippen LogP contribution in [0.4, 0.5) is 0 Å². The van der Waals surface area contributed by atoms with Crippen molar-refractivity contribution in [3.8, 4) is 0 Å². The van der Waals surface area contributed by atoms with Crippen molar-refractivity contribution >= 4 is 11.5 Å². The second kappa shape index (κ2) is 8.10. The first-order chi connectivity index (χ1) is 14.2. The van der Waals surface area contributed by atoms with Crippen molar-refractivity contribution in [1.82, 2.24) is 0 Å². The molecule has 7 unspecified atom stereocenters. The number of allylic oxidation sites excluding steroid dienone is 2. The largest absolute Gasteiger partial charge is 0.411 e. The first kappa shape index (κ1) is 22.1. The van der Waals surface area contributed by atoms with Crippen molar-refractivity contribution in [1.29, 1.82) is 0 Å². The molecule has 0 radical (unpaired) electrons. The van der Waals surface area contributed by atoms with E-state index in [2.05, 4.69) is 39.8 Å². The minimum absolute atomic E-state index is 0.0174. The smallest absolute Gasteiger partial charge is 0.159 e. The number of ketones is 1. The van der Waals surface area contributed by atoms with Crippen LogP contribution in [0.15, 0.2) is 16.8 Å². The maximum atomic E-state index is 13.3. The van der Waals surface area contributed by atoms with Crippen LogP contribution in [0.5, 0.6) is 0 Å². The lowest BCUT2D eigenvalue weighted by molar-refractivity contribution is -0.128. The number of carbonyl (C=O) groups excluding carboxylic acids is 1. The zero-order chi connectivity index (χ0) is 21.7. The molecular weight excluding hydrogens is 370 g/mol. The number of carbonyl (C=O) groups is 1. The van der Waals surface area contributed by atoms with Gasteiger partial charge in [-0.25, -0.2) is 0 Å². The van der Waals surface area contributed by atoms with E-state index < -0.39 is 0 Å². The summed E-state index contributed by atoms with van der Waals surface area (Å²) in [6.07, 6.45) is 13.8. The average molecular weight is 414 g/mol. The van der Waals surface area contributed by atoms with E-state index in [0.717, 1.165) is 42.6 Å². The van der Waals surface area contributed by atoms with Crippen molar-refractivity contribution in [3.05, 3.63) is 11.6 Å². The monoisotopic (exact) mass is 413 g/mol. The minimum Gasteiger partial charge on any atom is -0.411 e. The molecule has 4 rings (SSSR count). The average Bonchev–Trinajstić information content (AvgIpc) is 3.05. The predicted molar refractivity (Wildman–Crippen MR) is 123 cm³/mol. The molecule has 0 aromatic heterocycles. The number of fused-ring (bicyclic) bond motifs is 5. The van der Waals surface area contributed by atoms with Crippen LogP contribution in [0.25, 0.3) is 0 Å². The SMILES string of the molecule is CC(C)CCCC(C)C1CCC2C3CC(=O)C4=C/C(=N\O)CCC4(C)C3CCC12C. The van der Waals surface area contributed by atoms with Gasteiger partial charge in [-0.3, -0.25) is 4.79 Å². The van der Waals surface area contributed by atoms with Crippen LogP contribution in [-0.2, 0) is 4.79 Å². The summed E-state index contributed by atoms with van der Waals surface area (Å²) in [6, 6.07) is 0. The molecule has 0 amide bonds. The Morgan fingerprint density at radius 2 is 1.87 bits per heavy atom. The zero-order valence-electron chi connectivity index (χ0n) is 19.9. The third-order valence-electron chi connectivity index (χ3n) is 10.1. The third-order valence-corrected chi connectivity index (χ3v) is 10.1. The van der Waals surface area contributed by atoms with Gasteiger partial charge in [0.05, 0.1) is 5.71 Å². The Morgan fingerprint density at radius 1 is 1.10 bits per heavy atom. The van der Waals surface area contributed by atoms with Crippen molar-refractivity contribution in [3.63, 3.8) is 0 Å². The van der Waals surface area contributed by atoms with Crippen LogP contribution in [0.1, 0.15) is 98.8 Å². The number of nitrogens with zero attached hydrogens (tertiary/aromatic N) is 1. The van der Waals surface area contributed by atoms with Gasteiger partial charge < -0.3 is 5.21 Å². The van der Waals surface area contributed by atoms with E-state index in [4.69, 9.17) is 0 Å². The summed E-state index contributed by atoms with van der Waals surface area (Å²) >= 11 is 0. The van der Waals surface area contributed by atoms with E-state index in [1.807, 2.05) is 6.08 Å². The van der Waals surface area contributed by atoms with Crippen LogP contribution >= 0.6 is 0 Å². The van der Waals surface area contributed by atoms with E-state index in [1.54, 1.807) is 0 Å². The van der Waals surface area contributed by atoms with Crippen LogP contribution < -0.4 is 0 Å². The molecule has 4 aliphatic carbocycles. The zero-order valence-corrected chi connectivity index (χ0v) is 19.9. The fourth-order valence-electron chi connectivity index (χ4n) is 8.50. The second-order valence-electron chi connectivity index (χ2n) is 12.1. The molecule has 0 bridgehead atoms. The molecule has 0 aromatic carbocycles. The van der Waals surface area contributed by atoms with Gasteiger partial charge in [0.15, 0.2) is 5.78 Å². The van der Waals surface area contributed by atoms with Gasteiger partial charge in [-0.2, -0.15) is 0 Å². The highest BCUT2D eigenvalue weighted by molar-refractivity contribution is 6.07. The molecule has 0 aromatic rings. The van der Waals surface area contributed by atoms with Crippen molar-refractivity contribution < 1.29 is 10.0 Å². The standard InChI is InChI=1S/C27H43NO2/c1-17(2)7-6-8-18(3)21-9-10-22-20-16-25(29)24-15-19(28-30)11-13-27(24,5)23(20)12-14-26(21,22)4/h15,17-18,20-23,30H,6-14,16H2,1-5H3/b28-19-.